The normalized spacial score (nSPS) is 13.9. The first kappa shape index (κ1) is 16.7. The van der Waals surface area contributed by atoms with Gasteiger partial charge in [-0.15, -0.1) is 0 Å². The Balaban J connectivity index is 2.02. The molecule has 0 unspecified atom stereocenters. The van der Waals surface area contributed by atoms with E-state index in [1.807, 2.05) is 0 Å². The molecule has 0 bridgehead atoms. The molecule has 0 atom stereocenters. The number of carbonyl (C=O) groups excluding carboxylic acids is 1. The number of nitrogens with two attached hydrogens (primary N) is 1. The maximum absolute atomic E-state index is 13.2. The van der Waals surface area contributed by atoms with Gasteiger partial charge in [-0.1, -0.05) is 24.6 Å². The zero-order valence-electron chi connectivity index (χ0n) is 14.2. The maximum atomic E-state index is 13.2. The van der Waals surface area contributed by atoms with E-state index in [0.29, 0.717) is 21.9 Å². The number of anilines is 1. The van der Waals surface area contributed by atoms with Crippen LogP contribution in [0.15, 0.2) is 41.2 Å². The highest BCUT2D eigenvalue weighted by Gasteiger charge is 2.30. The third-order valence-corrected chi connectivity index (χ3v) is 4.75. The molecule has 1 saturated carbocycles. The summed E-state index contributed by atoms with van der Waals surface area (Å²) in [5, 5.41) is 0.564. The van der Waals surface area contributed by atoms with Crippen molar-refractivity contribution in [3.05, 3.63) is 51.9 Å². The van der Waals surface area contributed by atoms with Gasteiger partial charge in [0.05, 0.1) is 22.4 Å². The zero-order valence-corrected chi connectivity index (χ0v) is 15.0. The van der Waals surface area contributed by atoms with Crippen molar-refractivity contribution in [2.45, 2.75) is 32.2 Å². The average Bonchev–Trinajstić information content (AvgIpc) is 3.40. The van der Waals surface area contributed by atoms with E-state index in [4.69, 9.17) is 22.1 Å². The predicted molar refractivity (Wildman–Crippen MR) is 101 cm³/mol. The van der Waals surface area contributed by atoms with Crippen molar-refractivity contribution >= 4 is 34.3 Å². The number of benzene rings is 2. The van der Waals surface area contributed by atoms with E-state index in [-0.39, 0.29) is 23.9 Å². The molecule has 2 aromatic carbocycles. The van der Waals surface area contributed by atoms with Crippen LogP contribution in [0.2, 0.25) is 5.02 Å². The Labute approximate surface area is 154 Å². The smallest absolute Gasteiger partial charge is 0.334 e. The predicted octanol–water partition coefficient (Wildman–Crippen LogP) is 3.68. The van der Waals surface area contributed by atoms with Crippen molar-refractivity contribution in [3.8, 4) is 11.4 Å². The number of halogens is 1. The van der Waals surface area contributed by atoms with Gasteiger partial charge in [-0.2, -0.15) is 0 Å². The molecule has 1 aromatic heterocycles. The summed E-state index contributed by atoms with van der Waals surface area (Å²) in [6.45, 7) is 1.70. The third-order valence-electron chi connectivity index (χ3n) is 4.52. The Hall–Kier alpha value is -2.73. The molecule has 1 aliphatic carbocycles. The molecule has 1 fully saturated rings. The molecule has 0 aliphatic heterocycles. The molecular formula is C19H18ClN3O3. The summed E-state index contributed by atoms with van der Waals surface area (Å²) in [5.41, 5.74) is 8.06. The summed E-state index contributed by atoms with van der Waals surface area (Å²) in [7, 11) is 0. The lowest BCUT2D eigenvalue weighted by Crippen LogP contribution is -2.23. The van der Waals surface area contributed by atoms with E-state index in [0.717, 1.165) is 18.4 Å². The monoisotopic (exact) mass is 371 g/mol. The number of nitrogens with zero attached hydrogens (tertiary/aromatic N) is 2. The highest BCUT2D eigenvalue weighted by Crippen LogP contribution is 2.38. The Bertz CT molecular complexity index is 1080. The molecule has 1 heterocycles. The van der Waals surface area contributed by atoms with E-state index >= 15 is 0 Å². The number of aromatic nitrogens is 2. The zero-order chi connectivity index (χ0) is 18.4. The van der Waals surface area contributed by atoms with Crippen LogP contribution in [0, 0.1) is 0 Å². The number of imidazole rings is 1. The highest BCUT2D eigenvalue weighted by atomic mass is 35.5. The fraction of sp³-hybridized carbons (Fsp3) is 0.263. The van der Waals surface area contributed by atoms with Gasteiger partial charge < -0.3 is 10.5 Å². The first-order valence-electron chi connectivity index (χ1n) is 8.53. The molecule has 3 aromatic rings. The Morgan fingerprint density at radius 3 is 2.73 bits per heavy atom. The molecule has 134 valence electrons. The molecule has 6 nitrogen and oxygen atoms in total. The van der Waals surface area contributed by atoms with Crippen LogP contribution in [0.25, 0.3) is 16.7 Å². The van der Waals surface area contributed by atoms with Gasteiger partial charge in [0.15, 0.2) is 5.75 Å². The molecule has 7 heteroatoms. The Kier molecular flexibility index (Phi) is 4.00. The van der Waals surface area contributed by atoms with Crippen LogP contribution in [0.3, 0.4) is 0 Å². The fourth-order valence-corrected chi connectivity index (χ4v) is 3.29. The molecule has 2 N–H and O–H groups in total. The van der Waals surface area contributed by atoms with Crippen LogP contribution in [0.5, 0.6) is 5.75 Å². The number of esters is 1. The molecular weight excluding hydrogens is 354 g/mol. The van der Waals surface area contributed by atoms with Gasteiger partial charge >= 0.3 is 11.7 Å². The van der Waals surface area contributed by atoms with Gasteiger partial charge in [-0.05, 0) is 43.2 Å². The Morgan fingerprint density at radius 1 is 1.27 bits per heavy atom. The van der Waals surface area contributed by atoms with Gasteiger partial charge in [-0.25, -0.2) is 4.79 Å². The van der Waals surface area contributed by atoms with Gasteiger partial charge in [0.2, 0.25) is 0 Å². The molecule has 26 heavy (non-hydrogen) atoms. The minimum Gasteiger partial charge on any atom is -0.422 e. The van der Waals surface area contributed by atoms with Crippen LogP contribution < -0.4 is 16.2 Å². The third kappa shape index (κ3) is 2.66. The quantitative estimate of drug-likeness (QED) is 0.431. The number of hydrogen-bond acceptors (Lipinski definition) is 4. The summed E-state index contributed by atoms with van der Waals surface area (Å²) in [4.78, 5) is 25.0. The minimum atomic E-state index is -0.411. The van der Waals surface area contributed by atoms with E-state index < -0.39 is 5.97 Å². The number of fused-ring (bicyclic) bond motifs is 1. The van der Waals surface area contributed by atoms with Crippen LogP contribution in [0.1, 0.15) is 32.2 Å². The maximum Gasteiger partial charge on any atom is 0.334 e. The van der Waals surface area contributed by atoms with Gasteiger partial charge in [0, 0.05) is 17.5 Å². The second-order valence-corrected chi connectivity index (χ2v) is 6.81. The van der Waals surface area contributed by atoms with Crippen LogP contribution >= 0.6 is 11.6 Å². The minimum absolute atomic E-state index is 0.174. The fourth-order valence-electron chi connectivity index (χ4n) is 3.13. The van der Waals surface area contributed by atoms with Crippen LogP contribution in [0.4, 0.5) is 5.69 Å². The summed E-state index contributed by atoms with van der Waals surface area (Å²) in [6, 6.07) is 10.6. The van der Waals surface area contributed by atoms with Crippen molar-refractivity contribution in [2.75, 3.05) is 5.73 Å². The first-order valence-corrected chi connectivity index (χ1v) is 8.91. The number of hydrogen-bond donors (Lipinski definition) is 1. The first-order chi connectivity index (χ1) is 12.5. The Morgan fingerprint density at radius 2 is 2.04 bits per heavy atom. The lowest BCUT2D eigenvalue weighted by Gasteiger charge is -2.13. The highest BCUT2D eigenvalue weighted by molar-refractivity contribution is 6.31. The average molecular weight is 372 g/mol. The van der Waals surface area contributed by atoms with E-state index in [1.165, 1.54) is 0 Å². The van der Waals surface area contributed by atoms with Gasteiger partial charge in [-0.3, -0.25) is 13.9 Å². The summed E-state index contributed by atoms with van der Waals surface area (Å²) in [5.74, 6) is -0.211. The van der Waals surface area contributed by atoms with Gasteiger partial charge in [0.25, 0.3) is 0 Å². The molecule has 0 radical (unpaired) electrons. The number of ether oxygens (including phenoxy) is 1. The van der Waals surface area contributed by atoms with Crippen LogP contribution in [-0.4, -0.2) is 15.1 Å². The standard InChI is InChI=1S/C19H18ClN3O3/c1-2-17(24)26-18-13(21)4-3-5-15(18)23-14-9-6-11(20)10-16(14)22(19(23)25)12-7-8-12/h3-6,9-10,12H,2,7-8,21H2,1H3. The topological polar surface area (TPSA) is 79.2 Å². The SMILES string of the molecule is CCC(=O)Oc1c(N)cccc1-n1c(=O)n(C2CC2)c2cc(Cl)ccc21. The molecule has 0 spiro atoms. The molecule has 4 rings (SSSR count). The second kappa shape index (κ2) is 6.21. The molecule has 0 saturated heterocycles. The van der Waals surface area contributed by atoms with Crippen molar-refractivity contribution in [1.29, 1.82) is 0 Å². The van der Waals surface area contributed by atoms with E-state index in [1.54, 1.807) is 52.5 Å². The summed E-state index contributed by atoms with van der Waals surface area (Å²) in [6.07, 6.45) is 2.13. The van der Waals surface area contributed by atoms with E-state index in [9.17, 15) is 9.59 Å². The van der Waals surface area contributed by atoms with E-state index in [2.05, 4.69) is 0 Å². The van der Waals surface area contributed by atoms with Crippen molar-refractivity contribution in [1.82, 2.24) is 9.13 Å². The lowest BCUT2D eigenvalue weighted by molar-refractivity contribution is -0.133. The van der Waals surface area contributed by atoms with Crippen LogP contribution in [-0.2, 0) is 4.79 Å². The second-order valence-electron chi connectivity index (χ2n) is 6.38. The van der Waals surface area contributed by atoms with Crippen molar-refractivity contribution in [3.63, 3.8) is 0 Å². The molecule has 1 aliphatic rings. The number of carbonyl (C=O) groups is 1. The molecule has 0 amide bonds. The van der Waals surface area contributed by atoms with Crippen molar-refractivity contribution in [2.24, 2.45) is 0 Å². The van der Waals surface area contributed by atoms with Crippen molar-refractivity contribution < 1.29 is 9.53 Å². The number of nitrogen functional groups attached to an aromatic ring is 1. The lowest BCUT2D eigenvalue weighted by atomic mass is 10.2. The largest absolute Gasteiger partial charge is 0.422 e. The number of para-hydroxylation sites is 1. The summed E-state index contributed by atoms with van der Waals surface area (Å²) >= 11 is 6.15. The number of rotatable bonds is 4. The van der Waals surface area contributed by atoms with Gasteiger partial charge in [0.1, 0.15) is 0 Å². The summed E-state index contributed by atoms with van der Waals surface area (Å²) < 4.78 is 8.73.